The summed E-state index contributed by atoms with van der Waals surface area (Å²) in [5, 5.41) is 7.03. The number of hydrogen-bond acceptors (Lipinski definition) is 3. The van der Waals surface area contributed by atoms with E-state index < -0.39 is 0 Å². The Morgan fingerprint density at radius 2 is 2.13 bits per heavy atom. The van der Waals surface area contributed by atoms with Crippen LogP contribution in [-0.4, -0.2) is 51.0 Å². The Morgan fingerprint density at radius 3 is 2.87 bits per heavy atom. The zero-order valence-corrected chi connectivity index (χ0v) is 14.9. The molecule has 0 spiro atoms. The first-order chi connectivity index (χ1) is 11.1. The van der Waals surface area contributed by atoms with Crippen molar-refractivity contribution in [1.29, 1.82) is 0 Å². The number of aliphatic imine (C=N–C) groups is 1. The third-order valence-electron chi connectivity index (χ3n) is 5.50. The van der Waals surface area contributed by atoms with Gasteiger partial charge >= 0.3 is 0 Å². The van der Waals surface area contributed by atoms with E-state index in [1.165, 1.54) is 19.3 Å². The highest BCUT2D eigenvalue weighted by Gasteiger charge is 2.59. The maximum atomic E-state index is 5.87. The third-order valence-corrected chi connectivity index (χ3v) is 5.50. The van der Waals surface area contributed by atoms with Gasteiger partial charge in [0.25, 0.3) is 0 Å². The number of hydrogen-bond donors (Lipinski definition) is 2. The fraction of sp³-hybridized carbons (Fsp3) is 0.944. The second-order valence-electron chi connectivity index (χ2n) is 7.82. The van der Waals surface area contributed by atoms with E-state index in [4.69, 9.17) is 14.5 Å². The summed E-state index contributed by atoms with van der Waals surface area (Å²) in [6.45, 7) is 11.1. The van der Waals surface area contributed by atoms with Crippen LogP contribution in [0.15, 0.2) is 4.99 Å². The van der Waals surface area contributed by atoms with Crippen molar-refractivity contribution in [2.24, 2.45) is 22.2 Å². The first-order valence-corrected chi connectivity index (χ1v) is 9.37. The van der Waals surface area contributed by atoms with E-state index in [0.29, 0.717) is 18.1 Å². The van der Waals surface area contributed by atoms with Crippen LogP contribution in [0.5, 0.6) is 0 Å². The second kappa shape index (κ2) is 7.39. The van der Waals surface area contributed by atoms with Crippen LogP contribution in [0.2, 0.25) is 0 Å². The molecule has 0 aromatic heterocycles. The van der Waals surface area contributed by atoms with E-state index in [1.807, 2.05) is 0 Å². The molecule has 1 saturated heterocycles. The van der Waals surface area contributed by atoms with Gasteiger partial charge < -0.3 is 20.1 Å². The molecule has 0 amide bonds. The summed E-state index contributed by atoms with van der Waals surface area (Å²) >= 11 is 0. The van der Waals surface area contributed by atoms with Crippen LogP contribution < -0.4 is 10.6 Å². The number of nitrogens with one attached hydrogen (secondary N) is 2. The monoisotopic (exact) mass is 323 g/mol. The predicted octanol–water partition coefficient (Wildman–Crippen LogP) is 2.17. The van der Waals surface area contributed by atoms with Crippen LogP contribution in [0.1, 0.15) is 46.5 Å². The highest BCUT2D eigenvalue weighted by atomic mass is 16.5. The first-order valence-electron chi connectivity index (χ1n) is 9.37. The molecule has 3 unspecified atom stereocenters. The van der Waals surface area contributed by atoms with E-state index in [9.17, 15) is 0 Å². The Balaban J connectivity index is 1.42. The van der Waals surface area contributed by atoms with Gasteiger partial charge in [-0.05, 0) is 38.5 Å². The molecule has 0 bridgehead atoms. The molecule has 1 aliphatic heterocycles. The first kappa shape index (κ1) is 17.0. The van der Waals surface area contributed by atoms with E-state index in [2.05, 4.69) is 31.4 Å². The Morgan fingerprint density at radius 1 is 1.30 bits per heavy atom. The SMILES string of the molecule is CCNC(=NCCCOCC1CC1)NC1C2CCOC2C1(C)C. The lowest BCUT2D eigenvalue weighted by molar-refractivity contribution is -0.106. The lowest BCUT2D eigenvalue weighted by Crippen LogP contribution is -2.67. The van der Waals surface area contributed by atoms with Crippen LogP contribution >= 0.6 is 0 Å². The summed E-state index contributed by atoms with van der Waals surface area (Å²) in [6, 6.07) is 0.457. The number of fused-ring (bicyclic) bond motifs is 1. The summed E-state index contributed by atoms with van der Waals surface area (Å²) in [7, 11) is 0. The average Bonchev–Trinajstić information content (AvgIpc) is 3.23. The van der Waals surface area contributed by atoms with Crippen LogP contribution in [0.25, 0.3) is 0 Å². The van der Waals surface area contributed by atoms with Crippen molar-refractivity contribution in [1.82, 2.24) is 10.6 Å². The molecule has 0 aromatic carbocycles. The molecule has 2 N–H and O–H groups in total. The molecule has 3 rings (SSSR count). The molecule has 1 heterocycles. The third kappa shape index (κ3) is 4.00. The van der Waals surface area contributed by atoms with Gasteiger partial charge in [-0.3, -0.25) is 4.99 Å². The maximum absolute atomic E-state index is 5.87. The molecule has 3 aliphatic rings. The topological polar surface area (TPSA) is 54.9 Å². The second-order valence-corrected chi connectivity index (χ2v) is 7.82. The molecule has 0 radical (unpaired) electrons. The fourth-order valence-corrected chi connectivity index (χ4v) is 3.98. The Hall–Kier alpha value is -0.810. The van der Waals surface area contributed by atoms with Gasteiger partial charge in [0.1, 0.15) is 0 Å². The quantitative estimate of drug-likeness (QED) is 0.408. The van der Waals surface area contributed by atoms with Crippen molar-refractivity contribution >= 4 is 5.96 Å². The predicted molar refractivity (Wildman–Crippen MR) is 92.7 cm³/mol. The lowest BCUT2D eigenvalue weighted by atomic mass is 9.57. The molecule has 3 atom stereocenters. The van der Waals surface area contributed by atoms with E-state index in [-0.39, 0.29) is 5.41 Å². The molecular formula is C18H33N3O2. The lowest BCUT2D eigenvalue weighted by Gasteiger charge is -2.54. The van der Waals surface area contributed by atoms with Crippen molar-refractivity contribution in [3.8, 4) is 0 Å². The minimum absolute atomic E-state index is 0.185. The van der Waals surface area contributed by atoms with Gasteiger partial charge in [-0.25, -0.2) is 0 Å². The zero-order chi connectivity index (χ0) is 16.3. The number of rotatable bonds is 8. The standard InChI is InChI=1S/C18H33N3O2/c1-4-19-17(20-9-5-10-22-12-13-6-7-13)21-15-14-8-11-23-16(14)18(15,2)3/h13-16H,4-12H2,1-3H3,(H2,19,20,21). The van der Waals surface area contributed by atoms with Crippen molar-refractivity contribution in [2.45, 2.75) is 58.6 Å². The molecule has 2 aliphatic carbocycles. The van der Waals surface area contributed by atoms with Crippen molar-refractivity contribution in [2.75, 3.05) is 32.9 Å². The fourth-order valence-electron chi connectivity index (χ4n) is 3.98. The summed E-state index contributed by atoms with van der Waals surface area (Å²) in [6.07, 6.45) is 5.29. The van der Waals surface area contributed by atoms with E-state index >= 15 is 0 Å². The number of guanidine groups is 1. The molecule has 132 valence electrons. The normalized spacial score (nSPS) is 32.3. The Labute approximate surface area is 140 Å². The molecule has 5 nitrogen and oxygen atoms in total. The molecule has 0 aromatic rings. The number of ether oxygens (including phenoxy) is 2. The summed E-state index contributed by atoms with van der Waals surface area (Å²) in [5.41, 5.74) is 0.185. The van der Waals surface area contributed by atoms with Crippen LogP contribution in [0, 0.1) is 17.3 Å². The van der Waals surface area contributed by atoms with E-state index in [1.54, 1.807) is 0 Å². The minimum atomic E-state index is 0.185. The Bertz CT molecular complexity index is 420. The van der Waals surface area contributed by atoms with Gasteiger partial charge in [0.05, 0.1) is 6.10 Å². The molecule has 2 saturated carbocycles. The van der Waals surface area contributed by atoms with Gasteiger partial charge in [-0.1, -0.05) is 13.8 Å². The van der Waals surface area contributed by atoms with Gasteiger partial charge in [0.2, 0.25) is 0 Å². The maximum Gasteiger partial charge on any atom is 0.191 e. The van der Waals surface area contributed by atoms with E-state index in [0.717, 1.165) is 51.2 Å². The molecule has 23 heavy (non-hydrogen) atoms. The summed E-state index contributed by atoms with van der Waals surface area (Å²) in [5.74, 6) is 2.42. The van der Waals surface area contributed by atoms with Crippen molar-refractivity contribution in [3.63, 3.8) is 0 Å². The molecule has 5 heteroatoms. The van der Waals surface area contributed by atoms with Gasteiger partial charge in [-0.2, -0.15) is 0 Å². The Kier molecular flexibility index (Phi) is 5.47. The van der Waals surface area contributed by atoms with Crippen LogP contribution in [0.3, 0.4) is 0 Å². The highest BCUT2D eigenvalue weighted by Crippen LogP contribution is 2.52. The molecular weight excluding hydrogens is 290 g/mol. The zero-order valence-electron chi connectivity index (χ0n) is 14.9. The molecule has 3 fully saturated rings. The number of nitrogens with zero attached hydrogens (tertiary/aromatic N) is 1. The van der Waals surface area contributed by atoms with Crippen molar-refractivity contribution < 1.29 is 9.47 Å². The summed E-state index contributed by atoms with van der Waals surface area (Å²) in [4.78, 5) is 4.72. The van der Waals surface area contributed by atoms with Gasteiger partial charge in [0, 0.05) is 50.3 Å². The van der Waals surface area contributed by atoms with Crippen LogP contribution in [0.4, 0.5) is 0 Å². The van der Waals surface area contributed by atoms with Crippen LogP contribution in [-0.2, 0) is 9.47 Å². The minimum Gasteiger partial charge on any atom is -0.381 e. The van der Waals surface area contributed by atoms with Gasteiger partial charge in [-0.15, -0.1) is 0 Å². The van der Waals surface area contributed by atoms with Crippen molar-refractivity contribution in [3.05, 3.63) is 0 Å². The highest BCUT2D eigenvalue weighted by molar-refractivity contribution is 5.80. The van der Waals surface area contributed by atoms with Gasteiger partial charge in [0.15, 0.2) is 5.96 Å². The largest absolute Gasteiger partial charge is 0.381 e. The average molecular weight is 323 g/mol. The summed E-state index contributed by atoms with van der Waals surface area (Å²) < 4.78 is 11.5. The smallest absolute Gasteiger partial charge is 0.191 e.